The highest BCUT2D eigenvalue weighted by molar-refractivity contribution is 7.99. The number of halogens is 2. The summed E-state index contributed by atoms with van der Waals surface area (Å²) in [6, 6.07) is 10.4. The van der Waals surface area contributed by atoms with Crippen LogP contribution in [0.4, 0.5) is 10.3 Å². The molecule has 1 aromatic carbocycles. The van der Waals surface area contributed by atoms with Crippen molar-refractivity contribution in [2.24, 2.45) is 11.7 Å². The van der Waals surface area contributed by atoms with Gasteiger partial charge < -0.3 is 10.6 Å². The third kappa shape index (κ3) is 3.66. The van der Waals surface area contributed by atoms with Crippen molar-refractivity contribution < 1.29 is 4.39 Å². The van der Waals surface area contributed by atoms with Crippen molar-refractivity contribution in [3.8, 4) is 0 Å². The Hall–Kier alpha value is -1.41. The zero-order chi connectivity index (χ0) is 18.3. The van der Waals surface area contributed by atoms with Crippen LogP contribution in [-0.4, -0.2) is 34.3 Å². The van der Waals surface area contributed by atoms with E-state index in [9.17, 15) is 4.39 Å². The number of hydrogen-bond acceptors (Lipinski definition) is 6. The number of nitrogens with two attached hydrogens (primary N) is 1. The van der Waals surface area contributed by atoms with E-state index < -0.39 is 0 Å². The fourth-order valence-electron chi connectivity index (χ4n) is 4.02. The first kappa shape index (κ1) is 20.3. The smallest absolute Gasteiger partial charge is 0.225 e. The maximum absolute atomic E-state index is 14.0. The lowest BCUT2D eigenvalue weighted by Gasteiger charge is -2.42. The molecule has 3 N–H and O–H groups in total. The van der Waals surface area contributed by atoms with E-state index in [1.54, 1.807) is 11.8 Å². The molecule has 1 aromatic heterocycles. The Morgan fingerprint density at radius 3 is 2.78 bits per heavy atom. The number of hydrogen-bond donors (Lipinski definition) is 2. The first-order valence-corrected chi connectivity index (χ1v) is 10.0. The molecule has 2 aliphatic rings. The van der Waals surface area contributed by atoms with Gasteiger partial charge in [0.05, 0.1) is 17.4 Å². The fraction of sp³-hybridized carbons (Fsp3) is 0.474. The van der Waals surface area contributed by atoms with Crippen LogP contribution in [0.5, 0.6) is 0 Å². The van der Waals surface area contributed by atoms with Crippen LogP contribution in [0.3, 0.4) is 0 Å². The van der Waals surface area contributed by atoms with Gasteiger partial charge in [-0.2, -0.15) is 0 Å². The summed E-state index contributed by atoms with van der Waals surface area (Å²) >= 11 is 1.73. The standard InChI is InChI=1S/C19H24FN5S.ClH/c1-12(2)16-15(20)8-22-18(23-16)25-9-14-10-26-17(21)24-19(14,11-25)13-6-4-3-5-7-13;/h3-8,12,14,17,24H,9-11,21H2,1-2H3;1H/t14-,17?,19+;/m0./s1. The van der Waals surface area contributed by atoms with Crippen LogP contribution in [0.15, 0.2) is 36.5 Å². The molecular weight excluding hydrogens is 385 g/mol. The van der Waals surface area contributed by atoms with Crippen molar-refractivity contribution in [1.82, 2.24) is 15.3 Å². The third-order valence-electron chi connectivity index (χ3n) is 5.33. The van der Waals surface area contributed by atoms with Crippen LogP contribution in [-0.2, 0) is 5.54 Å². The minimum atomic E-state index is -0.339. The molecule has 0 aliphatic carbocycles. The van der Waals surface area contributed by atoms with Gasteiger partial charge in [-0.3, -0.25) is 5.32 Å². The number of benzene rings is 1. The van der Waals surface area contributed by atoms with Crippen LogP contribution in [0, 0.1) is 11.7 Å². The molecule has 4 rings (SSSR count). The Morgan fingerprint density at radius 1 is 1.33 bits per heavy atom. The monoisotopic (exact) mass is 409 g/mol. The Bertz CT molecular complexity index is 793. The number of rotatable bonds is 3. The minimum Gasteiger partial charge on any atom is -0.338 e. The number of nitrogens with zero attached hydrogens (tertiary/aromatic N) is 3. The molecule has 146 valence electrons. The summed E-state index contributed by atoms with van der Waals surface area (Å²) in [5.41, 5.74) is 7.60. The molecule has 0 saturated carbocycles. The lowest BCUT2D eigenvalue weighted by Crippen LogP contribution is -2.59. The van der Waals surface area contributed by atoms with Crippen LogP contribution in [0.1, 0.15) is 31.0 Å². The molecule has 8 heteroatoms. The summed E-state index contributed by atoms with van der Waals surface area (Å²) < 4.78 is 14.0. The van der Waals surface area contributed by atoms with E-state index in [1.165, 1.54) is 11.8 Å². The summed E-state index contributed by atoms with van der Waals surface area (Å²) in [5, 5.41) is 3.63. The quantitative estimate of drug-likeness (QED) is 0.812. The summed E-state index contributed by atoms with van der Waals surface area (Å²) in [5.74, 6) is 1.63. The number of nitrogens with one attached hydrogen (secondary N) is 1. The van der Waals surface area contributed by atoms with Gasteiger partial charge in [-0.25, -0.2) is 14.4 Å². The predicted molar refractivity (Wildman–Crippen MR) is 111 cm³/mol. The van der Waals surface area contributed by atoms with E-state index in [2.05, 4.69) is 44.5 Å². The molecular formula is C19H25ClFN5S. The maximum atomic E-state index is 14.0. The van der Waals surface area contributed by atoms with E-state index >= 15 is 0 Å². The molecule has 2 aromatic rings. The maximum Gasteiger partial charge on any atom is 0.225 e. The molecule has 3 atom stereocenters. The highest BCUT2D eigenvalue weighted by Crippen LogP contribution is 2.43. The van der Waals surface area contributed by atoms with Crippen molar-refractivity contribution in [3.05, 3.63) is 53.6 Å². The van der Waals surface area contributed by atoms with E-state index in [0.29, 0.717) is 17.6 Å². The van der Waals surface area contributed by atoms with Gasteiger partial charge in [0.2, 0.25) is 5.95 Å². The lowest BCUT2D eigenvalue weighted by molar-refractivity contribution is 0.274. The summed E-state index contributed by atoms with van der Waals surface area (Å²) in [4.78, 5) is 11.0. The summed E-state index contributed by atoms with van der Waals surface area (Å²) in [7, 11) is 0. The molecule has 3 heterocycles. The molecule has 0 bridgehead atoms. The molecule has 2 fully saturated rings. The molecule has 0 amide bonds. The van der Waals surface area contributed by atoms with Gasteiger partial charge in [0.1, 0.15) is 5.50 Å². The topological polar surface area (TPSA) is 67.1 Å². The zero-order valence-corrected chi connectivity index (χ0v) is 17.1. The molecule has 0 spiro atoms. The second-order valence-electron chi connectivity index (χ2n) is 7.37. The van der Waals surface area contributed by atoms with Crippen LogP contribution in [0.25, 0.3) is 0 Å². The molecule has 27 heavy (non-hydrogen) atoms. The molecule has 1 unspecified atom stereocenters. The molecule has 2 aliphatic heterocycles. The average Bonchev–Trinajstić information content (AvgIpc) is 3.02. The predicted octanol–water partition coefficient (Wildman–Crippen LogP) is 3.07. The van der Waals surface area contributed by atoms with E-state index in [4.69, 9.17) is 5.73 Å². The van der Waals surface area contributed by atoms with Gasteiger partial charge in [-0.1, -0.05) is 44.2 Å². The third-order valence-corrected chi connectivity index (χ3v) is 6.40. The highest BCUT2D eigenvalue weighted by Gasteiger charge is 2.51. The lowest BCUT2D eigenvalue weighted by atomic mass is 9.81. The van der Waals surface area contributed by atoms with Crippen molar-refractivity contribution in [1.29, 1.82) is 0 Å². The highest BCUT2D eigenvalue weighted by atomic mass is 35.5. The van der Waals surface area contributed by atoms with E-state index in [1.807, 2.05) is 19.9 Å². The molecule has 5 nitrogen and oxygen atoms in total. The molecule has 0 radical (unpaired) electrons. The first-order valence-electron chi connectivity index (χ1n) is 8.97. The number of aromatic nitrogens is 2. The van der Waals surface area contributed by atoms with Gasteiger partial charge in [-0.05, 0) is 11.5 Å². The SMILES string of the molecule is CC(C)c1nc(N2C[C@H]3CSC(N)N[C@@]3(c3ccccc3)C2)ncc1F.Cl. The average molecular weight is 410 g/mol. The number of fused-ring (bicyclic) bond motifs is 1. The van der Waals surface area contributed by atoms with Gasteiger partial charge in [0.15, 0.2) is 5.82 Å². The van der Waals surface area contributed by atoms with E-state index in [0.717, 1.165) is 18.8 Å². The first-order chi connectivity index (χ1) is 12.5. The largest absolute Gasteiger partial charge is 0.338 e. The molecule has 2 saturated heterocycles. The number of anilines is 1. The summed E-state index contributed by atoms with van der Waals surface area (Å²) in [6.07, 6.45) is 1.29. The zero-order valence-electron chi connectivity index (χ0n) is 15.4. The van der Waals surface area contributed by atoms with Gasteiger partial charge >= 0.3 is 0 Å². The van der Waals surface area contributed by atoms with E-state index in [-0.39, 0.29) is 35.2 Å². The van der Waals surface area contributed by atoms with Crippen molar-refractivity contribution in [3.63, 3.8) is 0 Å². The van der Waals surface area contributed by atoms with Crippen LogP contribution >= 0.6 is 24.2 Å². The number of thioether (sulfide) groups is 1. The fourth-order valence-corrected chi connectivity index (χ4v) is 5.14. The minimum absolute atomic E-state index is 0. The van der Waals surface area contributed by atoms with Crippen molar-refractivity contribution in [2.75, 3.05) is 23.7 Å². The summed E-state index contributed by atoms with van der Waals surface area (Å²) in [6.45, 7) is 5.44. The van der Waals surface area contributed by atoms with Crippen molar-refractivity contribution in [2.45, 2.75) is 30.8 Å². The van der Waals surface area contributed by atoms with Crippen LogP contribution in [0.2, 0.25) is 0 Å². The van der Waals surface area contributed by atoms with Gasteiger partial charge in [0.25, 0.3) is 0 Å². The van der Waals surface area contributed by atoms with Crippen molar-refractivity contribution >= 4 is 30.1 Å². The van der Waals surface area contributed by atoms with Crippen LogP contribution < -0.4 is 16.0 Å². The Labute approximate surface area is 169 Å². The van der Waals surface area contributed by atoms with Gasteiger partial charge in [0, 0.05) is 24.8 Å². The second-order valence-corrected chi connectivity index (χ2v) is 8.55. The Kier molecular flexibility index (Phi) is 5.96. The normalized spacial score (nSPS) is 27.4. The van der Waals surface area contributed by atoms with Gasteiger partial charge in [-0.15, -0.1) is 24.2 Å². The Balaban J connectivity index is 0.00000210. The Morgan fingerprint density at radius 2 is 2.07 bits per heavy atom. The second kappa shape index (κ2) is 7.91.